The molecule has 0 unspecified atom stereocenters. The van der Waals surface area contributed by atoms with Gasteiger partial charge in [0.1, 0.15) is 23.5 Å². The van der Waals surface area contributed by atoms with E-state index in [1.54, 1.807) is 25.3 Å². The van der Waals surface area contributed by atoms with Gasteiger partial charge in [0, 0.05) is 28.6 Å². The first kappa shape index (κ1) is 25.8. The molecule has 194 valence electrons. The average molecular weight is 498 g/mol. The fraction of sp³-hybridized carbons (Fsp3) is 0.536. The van der Waals surface area contributed by atoms with Crippen LogP contribution in [0.1, 0.15) is 63.9 Å². The number of carbonyl (C=O) groups excluding carboxylic acids is 3. The lowest BCUT2D eigenvalue weighted by Gasteiger charge is -2.39. The number of ketones is 1. The molecule has 0 spiro atoms. The first-order valence-electron chi connectivity index (χ1n) is 12.6. The highest BCUT2D eigenvalue weighted by molar-refractivity contribution is 6.12. The van der Waals surface area contributed by atoms with Crippen molar-refractivity contribution < 1.29 is 33.3 Å². The number of methoxy groups -OCH3 is 3. The van der Waals surface area contributed by atoms with Crippen molar-refractivity contribution in [1.82, 2.24) is 5.32 Å². The molecule has 2 aliphatic carbocycles. The van der Waals surface area contributed by atoms with Gasteiger partial charge in [-0.05, 0) is 51.0 Å². The lowest BCUT2D eigenvalue weighted by molar-refractivity contribution is -0.151. The minimum absolute atomic E-state index is 0.148. The smallest absolute Gasteiger partial charge is 0.337 e. The Labute approximate surface area is 212 Å². The summed E-state index contributed by atoms with van der Waals surface area (Å²) in [7, 11) is 4.38. The zero-order chi connectivity index (χ0) is 26.0. The van der Waals surface area contributed by atoms with Gasteiger partial charge in [0.2, 0.25) is 0 Å². The maximum Gasteiger partial charge on any atom is 0.337 e. The van der Waals surface area contributed by atoms with E-state index in [2.05, 4.69) is 5.32 Å². The van der Waals surface area contributed by atoms with Gasteiger partial charge in [-0.25, -0.2) is 4.79 Å². The molecular formula is C28H35NO7. The van der Waals surface area contributed by atoms with Crippen molar-refractivity contribution in [1.29, 1.82) is 0 Å². The molecule has 1 aromatic carbocycles. The Morgan fingerprint density at radius 3 is 2.39 bits per heavy atom. The summed E-state index contributed by atoms with van der Waals surface area (Å²) in [4.78, 5) is 40.2. The Morgan fingerprint density at radius 2 is 1.75 bits per heavy atom. The van der Waals surface area contributed by atoms with Crippen LogP contribution in [0, 0.1) is 11.8 Å². The minimum atomic E-state index is -0.948. The van der Waals surface area contributed by atoms with Gasteiger partial charge in [-0.2, -0.15) is 0 Å². The van der Waals surface area contributed by atoms with E-state index < -0.39 is 23.8 Å². The summed E-state index contributed by atoms with van der Waals surface area (Å²) in [6, 6.07) is 5.30. The second-order valence-corrected chi connectivity index (χ2v) is 9.81. The number of dihydropyridines is 1. The molecule has 1 heterocycles. The largest absolute Gasteiger partial charge is 0.497 e. The van der Waals surface area contributed by atoms with Crippen molar-refractivity contribution in [3.8, 4) is 11.5 Å². The minimum Gasteiger partial charge on any atom is -0.497 e. The third kappa shape index (κ3) is 4.73. The van der Waals surface area contributed by atoms with Crippen LogP contribution in [-0.2, 0) is 23.9 Å². The van der Waals surface area contributed by atoms with Gasteiger partial charge in [0.05, 0.1) is 32.8 Å². The van der Waals surface area contributed by atoms with Crippen LogP contribution in [0.2, 0.25) is 0 Å². The summed E-state index contributed by atoms with van der Waals surface area (Å²) >= 11 is 0. The normalized spacial score (nSPS) is 24.6. The molecule has 0 bridgehead atoms. The van der Waals surface area contributed by atoms with Gasteiger partial charge in [0.15, 0.2) is 5.78 Å². The SMILES string of the molecule is COC(=O)[C@H]1C(=O)C2=C(C[C@@H]1C)NC(C)=C(C(=O)OC1CCCCC1)[C@H]2c1ccc(OC)cc1OC. The quantitative estimate of drug-likeness (QED) is 0.461. The van der Waals surface area contributed by atoms with Crippen LogP contribution < -0.4 is 14.8 Å². The van der Waals surface area contributed by atoms with Crippen molar-refractivity contribution in [2.45, 2.75) is 64.4 Å². The topological polar surface area (TPSA) is 100 Å². The van der Waals surface area contributed by atoms with E-state index >= 15 is 0 Å². The van der Waals surface area contributed by atoms with Crippen LogP contribution in [-0.4, -0.2) is 45.2 Å². The van der Waals surface area contributed by atoms with Gasteiger partial charge >= 0.3 is 11.9 Å². The molecule has 1 N–H and O–H groups in total. The summed E-state index contributed by atoms with van der Waals surface area (Å²) < 4.78 is 22.0. The predicted molar refractivity (Wildman–Crippen MR) is 132 cm³/mol. The Hall–Kier alpha value is -3.29. The molecular weight excluding hydrogens is 462 g/mol. The van der Waals surface area contributed by atoms with Gasteiger partial charge in [0.25, 0.3) is 0 Å². The zero-order valence-electron chi connectivity index (χ0n) is 21.6. The summed E-state index contributed by atoms with van der Waals surface area (Å²) in [5, 5.41) is 3.30. The van der Waals surface area contributed by atoms with Gasteiger partial charge in [-0.3, -0.25) is 9.59 Å². The van der Waals surface area contributed by atoms with Crippen molar-refractivity contribution >= 4 is 17.7 Å². The number of Topliss-reactive ketones (excluding diaryl/α,β-unsaturated/α-hetero) is 1. The van der Waals surface area contributed by atoms with Crippen molar-refractivity contribution in [3.05, 3.63) is 46.3 Å². The van der Waals surface area contributed by atoms with E-state index in [-0.39, 0.29) is 17.8 Å². The molecule has 4 rings (SSSR count). The second kappa shape index (κ2) is 10.8. The van der Waals surface area contributed by atoms with E-state index in [1.807, 2.05) is 13.8 Å². The summed E-state index contributed by atoms with van der Waals surface area (Å²) in [5.41, 5.74) is 2.72. The molecule has 0 amide bonds. The second-order valence-electron chi connectivity index (χ2n) is 9.81. The number of nitrogens with one attached hydrogen (secondary N) is 1. The molecule has 0 aromatic heterocycles. The van der Waals surface area contributed by atoms with E-state index in [0.29, 0.717) is 46.0 Å². The molecule has 0 radical (unpaired) electrons. The molecule has 1 aromatic rings. The van der Waals surface area contributed by atoms with Crippen LogP contribution in [0.25, 0.3) is 0 Å². The van der Waals surface area contributed by atoms with Crippen LogP contribution in [0.4, 0.5) is 0 Å². The Balaban J connectivity index is 1.84. The first-order valence-corrected chi connectivity index (χ1v) is 12.6. The number of esters is 2. The van der Waals surface area contributed by atoms with Crippen molar-refractivity contribution in [2.75, 3.05) is 21.3 Å². The molecule has 3 atom stereocenters. The number of benzene rings is 1. The van der Waals surface area contributed by atoms with Crippen LogP contribution >= 0.6 is 0 Å². The lowest BCUT2D eigenvalue weighted by Crippen LogP contribution is -2.43. The Morgan fingerprint density at radius 1 is 1.03 bits per heavy atom. The maximum absolute atomic E-state index is 13.9. The monoisotopic (exact) mass is 497 g/mol. The molecule has 1 fully saturated rings. The highest BCUT2D eigenvalue weighted by atomic mass is 16.5. The Kier molecular flexibility index (Phi) is 7.71. The number of hydrogen-bond acceptors (Lipinski definition) is 8. The molecule has 36 heavy (non-hydrogen) atoms. The average Bonchev–Trinajstić information content (AvgIpc) is 2.87. The Bertz CT molecular complexity index is 1110. The van der Waals surface area contributed by atoms with Gasteiger partial charge in [-0.15, -0.1) is 0 Å². The van der Waals surface area contributed by atoms with Crippen molar-refractivity contribution in [3.63, 3.8) is 0 Å². The molecule has 0 saturated heterocycles. The van der Waals surface area contributed by atoms with Gasteiger partial charge < -0.3 is 24.3 Å². The van der Waals surface area contributed by atoms with E-state index in [1.165, 1.54) is 14.2 Å². The number of ether oxygens (including phenoxy) is 4. The first-order chi connectivity index (χ1) is 17.3. The summed E-state index contributed by atoms with van der Waals surface area (Å²) in [6.07, 6.45) is 5.17. The summed E-state index contributed by atoms with van der Waals surface area (Å²) in [5.74, 6) is -2.27. The van der Waals surface area contributed by atoms with Crippen LogP contribution in [0.15, 0.2) is 40.7 Å². The molecule has 3 aliphatic rings. The third-order valence-corrected chi connectivity index (χ3v) is 7.54. The standard InChI is InChI=1S/C28H35NO7/c1-15-13-20-25(26(30)22(15)27(31)35-5)24(19-12-11-18(33-3)14-21(19)34-4)23(16(2)29-20)28(32)36-17-9-7-6-8-10-17/h11-12,14-15,17,22,24,29H,6-10,13H2,1-5H3/t15-,22+,24+/m0/s1. The van der Waals surface area contributed by atoms with E-state index in [9.17, 15) is 14.4 Å². The predicted octanol–water partition coefficient (Wildman–Crippen LogP) is 4.19. The van der Waals surface area contributed by atoms with E-state index in [0.717, 1.165) is 32.1 Å². The lowest BCUT2D eigenvalue weighted by atomic mass is 9.69. The number of carbonyl (C=O) groups is 3. The molecule has 1 saturated carbocycles. The number of allylic oxidation sites excluding steroid dienone is 3. The summed E-state index contributed by atoms with van der Waals surface area (Å²) in [6.45, 7) is 3.69. The van der Waals surface area contributed by atoms with Crippen LogP contribution in [0.5, 0.6) is 11.5 Å². The molecule has 8 heteroatoms. The zero-order valence-corrected chi connectivity index (χ0v) is 21.6. The third-order valence-electron chi connectivity index (χ3n) is 7.54. The fourth-order valence-corrected chi connectivity index (χ4v) is 5.72. The van der Waals surface area contributed by atoms with Crippen LogP contribution in [0.3, 0.4) is 0 Å². The number of rotatable bonds is 6. The fourth-order valence-electron chi connectivity index (χ4n) is 5.72. The molecule has 1 aliphatic heterocycles. The highest BCUT2D eigenvalue weighted by Gasteiger charge is 2.48. The van der Waals surface area contributed by atoms with E-state index in [4.69, 9.17) is 18.9 Å². The number of hydrogen-bond donors (Lipinski definition) is 1. The maximum atomic E-state index is 13.9. The van der Waals surface area contributed by atoms with Gasteiger partial charge in [-0.1, -0.05) is 19.4 Å². The van der Waals surface area contributed by atoms with Crippen molar-refractivity contribution in [2.24, 2.45) is 11.8 Å². The molecule has 8 nitrogen and oxygen atoms in total. The highest BCUT2D eigenvalue weighted by Crippen LogP contribution is 2.48.